The molecule has 0 aliphatic heterocycles. The molecule has 0 radical (unpaired) electrons. The molecule has 20 heavy (non-hydrogen) atoms. The van der Waals surface area contributed by atoms with E-state index >= 15 is 0 Å². The van der Waals surface area contributed by atoms with Gasteiger partial charge in [-0.15, -0.1) is 0 Å². The Bertz CT molecular complexity index is 374. The van der Waals surface area contributed by atoms with Crippen LogP contribution in [0.15, 0.2) is 18.5 Å². The fraction of sp³-hybridized carbons (Fsp3) is 0.706. The summed E-state index contributed by atoms with van der Waals surface area (Å²) in [6.45, 7) is 13.2. The first-order valence-corrected chi connectivity index (χ1v) is 7.99. The molecule has 1 rings (SSSR count). The maximum absolute atomic E-state index is 4.29. The molecule has 0 atom stereocenters. The second kappa shape index (κ2) is 8.96. The molecule has 0 saturated heterocycles. The molecular formula is C17H31N3. The standard InChI is InChI=1S/C17H31N3/c1-6-7-8-11-20(15(4)5)17-9-10-18-12-16(17)13-19-14(2)3/h9-10,12,14-15,19H,6-8,11,13H2,1-5H3. The summed E-state index contributed by atoms with van der Waals surface area (Å²) in [7, 11) is 0. The molecule has 0 amide bonds. The lowest BCUT2D eigenvalue weighted by atomic mass is 10.1. The smallest absolute Gasteiger partial charge is 0.0445 e. The van der Waals surface area contributed by atoms with E-state index in [4.69, 9.17) is 0 Å². The number of pyridine rings is 1. The van der Waals surface area contributed by atoms with Gasteiger partial charge in [-0.2, -0.15) is 0 Å². The van der Waals surface area contributed by atoms with Crippen molar-refractivity contribution in [3.63, 3.8) is 0 Å². The Hall–Kier alpha value is -1.09. The number of nitrogens with one attached hydrogen (secondary N) is 1. The van der Waals surface area contributed by atoms with Crippen molar-refractivity contribution in [1.29, 1.82) is 0 Å². The highest BCUT2D eigenvalue weighted by molar-refractivity contribution is 5.52. The van der Waals surface area contributed by atoms with Crippen molar-refractivity contribution in [3.8, 4) is 0 Å². The molecule has 1 N–H and O–H groups in total. The topological polar surface area (TPSA) is 28.2 Å². The third kappa shape index (κ3) is 5.49. The molecule has 0 saturated carbocycles. The van der Waals surface area contributed by atoms with Crippen molar-refractivity contribution in [1.82, 2.24) is 10.3 Å². The van der Waals surface area contributed by atoms with Gasteiger partial charge in [-0.3, -0.25) is 4.98 Å². The largest absolute Gasteiger partial charge is 0.369 e. The highest BCUT2D eigenvalue weighted by atomic mass is 15.2. The van der Waals surface area contributed by atoms with E-state index in [1.165, 1.54) is 30.5 Å². The first-order valence-electron chi connectivity index (χ1n) is 7.99. The van der Waals surface area contributed by atoms with Gasteiger partial charge in [0.2, 0.25) is 0 Å². The zero-order chi connectivity index (χ0) is 15.0. The van der Waals surface area contributed by atoms with Crippen LogP contribution in [0, 0.1) is 0 Å². The summed E-state index contributed by atoms with van der Waals surface area (Å²) >= 11 is 0. The van der Waals surface area contributed by atoms with Gasteiger partial charge in [-0.05, 0) is 26.3 Å². The molecule has 0 aliphatic carbocycles. The van der Waals surface area contributed by atoms with Gasteiger partial charge in [0.25, 0.3) is 0 Å². The fourth-order valence-electron chi connectivity index (χ4n) is 2.34. The van der Waals surface area contributed by atoms with Gasteiger partial charge in [0.15, 0.2) is 0 Å². The number of hydrogen-bond acceptors (Lipinski definition) is 3. The van der Waals surface area contributed by atoms with Crippen molar-refractivity contribution < 1.29 is 0 Å². The first-order chi connectivity index (χ1) is 9.56. The highest BCUT2D eigenvalue weighted by Gasteiger charge is 2.14. The Balaban J connectivity index is 2.83. The van der Waals surface area contributed by atoms with Gasteiger partial charge < -0.3 is 10.2 Å². The Morgan fingerprint density at radius 2 is 1.95 bits per heavy atom. The first kappa shape index (κ1) is 17.0. The van der Waals surface area contributed by atoms with Crippen molar-refractivity contribution in [2.24, 2.45) is 0 Å². The van der Waals surface area contributed by atoms with Crippen LogP contribution >= 0.6 is 0 Å². The molecule has 0 aromatic carbocycles. The van der Waals surface area contributed by atoms with Gasteiger partial charge in [-0.25, -0.2) is 0 Å². The van der Waals surface area contributed by atoms with Crippen molar-refractivity contribution >= 4 is 5.69 Å². The van der Waals surface area contributed by atoms with E-state index in [1.807, 2.05) is 12.4 Å². The molecule has 1 aromatic heterocycles. The van der Waals surface area contributed by atoms with Crippen LogP contribution in [-0.4, -0.2) is 23.6 Å². The second-order valence-corrected chi connectivity index (χ2v) is 6.03. The summed E-state index contributed by atoms with van der Waals surface area (Å²) in [6, 6.07) is 3.17. The summed E-state index contributed by atoms with van der Waals surface area (Å²) in [5.74, 6) is 0. The van der Waals surface area contributed by atoms with Crippen molar-refractivity contribution in [3.05, 3.63) is 24.0 Å². The van der Waals surface area contributed by atoms with Gasteiger partial charge in [0.1, 0.15) is 0 Å². The van der Waals surface area contributed by atoms with Crippen LogP contribution in [0.25, 0.3) is 0 Å². The van der Waals surface area contributed by atoms with E-state index in [0.29, 0.717) is 12.1 Å². The second-order valence-electron chi connectivity index (χ2n) is 6.03. The molecule has 114 valence electrons. The average Bonchev–Trinajstić information content (AvgIpc) is 2.41. The summed E-state index contributed by atoms with van der Waals surface area (Å²) in [4.78, 5) is 6.80. The Morgan fingerprint density at radius 3 is 2.55 bits per heavy atom. The minimum Gasteiger partial charge on any atom is -0.369 e. The number of anilines is 1. The molecule has 1 aromatic rings. The van der Waals surface area contributed by atoms with Gasteiger partial charge in [0, 0.05) is 48.8 Å². The highest BCUT2D eigenvalue weighted by Crippen LogP contribution is 2.22. The number of aromatic nitrogens is 1. The van der Waals surface area contributed by atoms with E-state index in [1.54, 1.807) is 0 Å². The summed E-state index contributed by atoms with van der Waals surface area (Å²) in [5.41, 5.74) is 2.63. The van der Waals surface area contributed by atoms with Crippen LogP contribution < -0.4 is 10.2 Å². The van der Waals surface area contributed by atoms with Crippen LogP contribution in [-0.2, 0) is 6.54 Å². The lowest BCUT2D eigenvalue weighted by Gasteiger charge is -2.31. The van der Waals surface area contributed by atoms with Gasteiger partial charge in [-0.1, -0.05) is 33.6 Å². The van der Waals surface area contributed by atoms with E-state index in [9.17, 15) is 0 Å². The number of hydrogen-bond donors (Lipinski definition) is 1. The fourth-order valence-corrected chi connectivity index (χ4v) is 2.34. The predicted octanol–water partition coefficient (Wildman–Crippen LogP) is 3.98. The molecule has 0 unspecified atom stereocenters. The van der Waals surface area contributed by atoms with E-state index in [-0.39, 0.29) is 0 Å². The Labute approximate surface area is 124 Å². The van der Waals surface area contributed by atoms with Gasteiger partial charge >= 0.3 is 0 Å². The average molecular weight is 277 g/mol. The SMILES string of the molecule is CCCCCN(c1ccncc1CNC(C)C)C(C)C. The number of nitrogens with zero attached hydrogens (tertiary/aromatic N) is 2. The Morgan fingerprint density at radius 1 is 1.20 bits per heavy atom. The molecule has 3 heteroatoms. The molecule has 0 bridgehead atoms. The van der Waals surface area contributed by atoms with Crippen LogP contribution in [0.4, 0.5) is 5.69 Å². The minimum absolute atomic E-state index is 0.496. The molecule has 0 fully saturated rings. The maximum atomic E-state index is 4.29. The molecule has 1 heterocycles. The van der Waals surface area contributed by atoms with Crippen molar-refractivity contribution in [2.45, 2.75) is 72.5 Å². The van der Waals surface area contributed by atoms with E-state index < -0.39 is 0 Å². The third-order valence-electron chi connectivity index (χ3n) is 3.51. The van der Waals surface area contributed by atoms with E-state index in [2.05, 4.69) is 55.9 Å². The van der Waals surface area contributed by atoms with Crippen LogP contribution in [0.5, 0.6) is 0 Å². The zero-order valence-electron chi connectivity index (χ0n) is 13.8. The summed E-state index contributed by atoms with van der Waals surface area (Å²) in [5, 5.41) is 3.50. The quantitative estimate of drug-likeness (QED) is 0.692. The lowest BCUT2D eigenvalue weighted by Crippen LogP contribution is -2.33. The molecule has 0 aliphatic rings. The monoisotopic (exact) mass is 277 g/mol. The minimum atomic E-state index is 0.496. The third-order valence-corrected chi connectivity index (χ3v) is 3.51. The van der Waals surface area contributed by atoms with Crippen LogP contribution in [0.3, 0.4) is 0 Å². The number of rotatable bonds is 9. The van der Waals surface area contributed by atoms with E-state index in [0.717, 1.165) is 13.1 Å². The normalized spacial score (nSPS) is 11.3. The molecule has 0 spiro atoms. The van der Waals surface area contributed by atoms with Crippen LogP contribution in [0.1, 0.15) is 59.4 Å². The van der Waals surface area contributed by atoms with Gasteiger partial charge in [0.05, 0.1) is 0 Å². The predicted molar refractivity (Wildman–Crippen MR) is 88.2 cm³/mol. The maximum Gasteiger partial charge on any atom is 0.0445 e. The van der Waals surface area contributed by atoms with Crippen LogP contribution in [0.2, 0.25) is 0 Å². The lowest BCUT2D eigenvalue weighted by molar-refractivity contribution is 0.581. The summed E-state index contributed by atoms with van der Waals surface area (Å²) < 4.78 is 0. The molecule has 3 nitrogen and oxygen atoms in total. The molecular weight excluding hydrogens is 246 g/mol. The zero-order valence-corrected chi connectivity index (χ0v) is 13.8. The summed E-state index contributed by atoms with van der Waals surface area (Å²) in [6.07, 6.45) is 7.73. The number of unbranched alkanes of at least 4 members (excludes halogenated alkanes) is 2. The Kier molecular flexibility index (Phi) is 7.60. The van der Waals surface area contributed by atoms with Crippen molar-refractivity contribution in [2.75, 3.05) is 11.4 Å².